The highest BCUT2D eigenvalue weighted by molar-refractivity contribution is 6.07. The minimum absolute atomic E-state index is 0.0524. The molecule has 0 fully saturated rings. The number of terminal acetylenes is 1. The number of para-hydroxylation sites is 1. The molecule has 5 nitrogen and oxygen atoms in total. The van der Waals surface area contributed by atoms with Gasteiger partial charge in [-0.25, -0.2) is 0 Å². The van der Waals surface area contributed by atoms with Crippen molar-refractivity contribution in [3.05, 3.63) is 36.1 Å². The van der Waals surface area contributed by atoms with Gasteiger partial charge in [0.05, 0.1) is 5.56 Å². The summed E-state index contributed by atoms with van der Waals surface area (Å²) >= 11 is 0. The summed E-state index contributed by atoms with van der Waals surface area (Å²) in [5.74, 6) is 1.19. The molecule has 3 N–H and O–H groups in total. The molecule has 1 aromatic carbocycles. The van der Waals surface area contributed by atoms with Crippen LogP contribution in [0.3, 0.4) is 0 Å². The molecule has 0 saturated carbocycles. The number of nitrogens with one attached hydrogen (secondary N) is 1. The Balaban J connectivity index is 2.25. The van der Waals surface area contributed by atoms with Crippen LogP contribution in [0.1, 0.15) is 16.8 Å². The molecule has 1 atom stereocenters. The average Bonchev–Trinajstić information content (AvgIpc) is 2.81. The molecule has 0 aliphatic carbocycles. The maximum Gasteiger partial charge on any atom is 0.255 e. The van der Waals surface area contributed by atoms with E-state index in [-0.39, 0.29) is 6.42 Å². The van der Waals surface area contributed by atoms with Gasteiger partial charge in [0.2, 0.25) is 5.91 Å². The predicted octanol–water partition coefficient (Wildman–Crippen LogP) is 1.04. The summed E-state index contributed by atoms with van der Waals surface area (Å²) in [7, 11) is 0. The van der Waals surface area contributed by atoms with Gasteiger partial charge in [0, 0.05) is 11.8 Å². The molecular formula is C14H12N2O3. The van der Waals surface area contributed by atoms with Gasteiger partial charge >= 0.3 is 0 Å². The normalized spacial score (nSPS) is 11.7. The average molecular weight is 256 g/mol. The van der Waals surface area contributed by atoms with Crippen molar-refractivity contribution >= 4 is 22.8 Å². The van der Waals surface area contributed by atoms with E-state index >= 15 is 0 Å². The lowest BCUT2D eigenvalue weighted by atomic mass is 10.1. The minimum Gasteiger partial charge on any atom is -0.463 e. The van der Waals surface area contributed by atoms with Crippen molar-refractivity contribution in [1.82, 2.24) is 5.32 Å². The van der Waals surface area contributed by atoms with Crippen LogP contribution in [0, 0.1) is 12.3 Å². The van der Waals surface area contributed by atoms with Gasteiger partial charge in [0.15, 0.2) is 0 Å². The Hall–Kier alpha value is -2.74. The molecule has 5 heteroatoms. The number of amides is 2. The van der Waals surface area contributed by atoms with Gasteiger partial charge in [-0.05, 0) is 6.07 Å². The van der Waals surface area contributed by atoms with E-state index in [4.69, 9.17) is 16.6 Å². The van der Waals surface area contributed by atoms with Gasteiger partial charge < -0.3 is 15.5 Å². The Morgan fingerprint density at radius 2 is 2.16 bits per heavy atom. The van der Waals surface area contributed by atoms with Crippen molar-refractivity contribution in [1.29, 1.82) is 0 Å². The molecule has 0 radical (unpaired) electrons. The van der Waals surface area contributed by atoms with Crippen molar-refractivity contribution in [3.8, 4) is 12.3 Å². The van der Waals surface area contributed by atoms with Crippen LogP contribution in [0.4, 0.5) is 0 Å². The number of rotatable bonds is 4. The Morgan fingerprint density at radius 1 is 1.42 bits per heavy atom. The SMILES string of the molecule is C#CC[C@@H](NC(=O)c1coc2ccccc12)C(N)=O. The molecule has 0 saturated heterocycles. The fourth-order valence-corrected chi connectivity index (χ4v) is 1.73. The number of hydrogen-bond acceptors (Lipinski definition) is 3. The topological polar surface area (TPSA) is 85.3 Å². The number of benzene rings is 1. The van der Waals surface area contributed by atoms with Gasteiger partial charge in [-0.15, -0.1) is 12.3 Å². The first-order valence-electron chi connectivity index (χ1n) is 5.63. The quantitative estimate of drug-likeness (QED) is 0.801. The van der Waals surface area contributed by atoms with E-state index in [1.54, 1.807) is 24.3 Å². The van der Waals surface area contributed by atoms with Crippen LogP contribution in [-0.2, 0) is 4.79 Å². The summed E-state index contributed by atoms with van der Waals surface area (Å²) in [5, 5.41) is 3.17. The summed E-state index contributed by atoms with van der Waals surface area (Å²) in [4.78, 5) is 23.2. The zero-order valence-electron chi connectivity index (χ0n) is 10.1. The van der Waals surface area contributed by atoms with Crippen molar-refractivity contribution in [3.63, 3.8) is 0 Å². The van der Waals surface area contributed by atoms with Crippen molar-refractivity contribution < 1.29 is 14.0 Å². The second-order valence-corrected chi connectivity index (χ2v) is 3.98. The zero-order chi connectivity index (χ0) is 13.8. The Bertz CT molecular complexity index is 667. The van der Waals surface area contributed by atoms with Gasteiger partial charge in [-0.2, -0.15) is 0 Å². The van der Waals surface area contributed by atoms with Crippen LogP contribution in [-0.4, -0.2) is 17.9 Å². The first-order chi connectivity index (χ1) is 9.13. The molecule has 96 valence electrons. The standard InChI is InChI=1S/C14H12N2O3/c1-2-5-11(13(15)17)16-14(18)10-8-19-12-7-4-3-6-9(10)12/h1,3-4,6-8,11H,5H2,(H2,15,17)(H,16,18)/t11-/m1/s1. The third-order valence-electron chi connectivity index (χ3n) is 2.70. The van der Waals surface area contributed by atoms with E-state index in [0.29, 0.717) is 16.5 Å². The fourth-order valence-electron chi connectivity index (χ4n) is 1.73. The number of primary amides is 1. The largest absolute Gasteiger partial charge is 0.463 e. The molecule has 2 amide bonds. The number of hydrogen-bond donors (Lipinski definition) is 2. The monoisotopic (exact) mass is 256 g/mol. The van der Waals surface area contributed by atoms with Crippen LogP contribution >= 0.6 is 0 Å². The highest BCUT2D eigenvalue weighted by Gasteiger charge is 2.20. The Morgan fingerprint density at radius 3 is 2.84 bits per heavy atom. The van der Waals surface area contributed by atoms with E-state index in [2.05, 4.69) is 11.2 Å². The van der Waals surface area contributed by atoms with Crippen LogP contribution in [0.25, 0.3) is 11.0 Å². The maximum absolute atomic E-state index is 12.1. The summed E-state index contributed by atoms with van der Waals surface area (Å²) in [5.41, 5.74) is 6.11. The fraction of sp³-hybridized carbons (Fsp3) is 0.143. The molecule has 2 rings (SSSR count). The maximum atomic E-state index is 12.1. The Kier molecular flexibility index (Phi) is 3.53. The molecule has 1 heterocycles. The lowest BCUT2D eigenvalue weighted by molar-refractivity contribution is -0.119. The molecule has 0 spiro atoms. The molecular weight excluding hydrogens is 244 g/mol. The van der Waals surface area contributed by atoms with Crippen LogP contribution in [0.2, 0.25) is 0 Å². The lowest BCUT2D eigenvalue weighted by Crippen LogP contribution is -2.44. The van der Waals surface area contributed by atoms with E-state index in [1.165, 1.54) is 6.26 Å². The van der Waals surface area contributed by atoms with Gasteiger partial charge in [0.25, 0.3) is 5.91 Å². The number of carbonyl (C=O) groups excluding carboxylic acids is 2. The van der Waals surface area contributed by atoms with E-state index < -0.39 is 17.9 Å². The van der Waals surface area contributed by atoms with Crippen LogP contribution < -0.4 is 11.1 Å². The highest BCUT2D eigenvalue weighted by atomic mass is 16.3. The molecule has 0 aliphatic rings. The summed E-state index contributed by atoms with van der Waals surface area (Å²) in [6, 6.07) is 6.22. The van der Waals surface area contributed by atoms with E-state index in [0.717, 1.165) is 0 Å². The highest BCUT2D eigenvalue weighted by Crippen LogP contribution is 2.20. The van der Waals surface area contributed by atoms with Crippen LogP contribution in [0.5, 0.6) is 0 Å². The van der Waals surface area contributed by atoms with Gasteiger partial charge in [0.1, 0.15) is 17.9 Å². The second-order valence-electron chi connectivity index (χ2n) is 3.98. The van der Waals surface area contributed by atoms with Crippen LogP contribution in [0.15, 0.2) is 34.9 Å². The summed E-state index contributed by atoms with van der Waals surface area (Å²) in [6.07, 6.45) is 6.52. The minimum atomic E-state index is -0.883. The zero-order valence-corrected chi connectivity index (χ0v) is 10.1. The number of fused-ring (bicyclic) bond motifs is 1. The summed E-state index contributed by atoms with van der Waals surface area (Å²) < 4.78 is 5.25. The lowest BCUT2D eigenvalue weighted by Gasteiger charge is -2.11. The molecule has 1 aromatic heterocycles. The van der Waals surface area contributed by atoms with Gasteiger partial charge in [-0.1, -0.05) is 18.2 Å². The van der Waals surface area contributed by atoms with Gasteiger partial charge in [-0.3, -0.25) is 9.59 Å². The number of nitrogens with two attached hydrogens (primary N) is 1. The number of carbonyl (C=O) groups is 2. The van der Waals surface area contributed by atoms with E-state index in [9.17, 15) is 9.59 Å². The summed E-state index contributed by atoms with van der Waals surface area (Å²) in [6.45, 7) is 0. The Labute approximate surface area is 109 Å². The molecule has 0 bridgehead atoms. The molecule has 2 aromatic rings. The number of furan rings is 1. The third kappa shape index (κ3) is 2.58. The predicted molar refractivity (Wildman–Crippen MR) is 70.1 cm³/mol. The van der Waals surface area contributed by atoms with Crippen molar-refractivity contribution in [2.75, 3.05) is 0 Å². The molecule has 0 unspecified atom stereocenters. The first-order valence-corrected chi connectivity index (χ1v) is 5.63. The first kappa shape index (κ1) is 12.7. The van der Waals surface area contributed by atoms with Crippen molar-refractivity contribution in [2.45, 2.75) is 12.5 Å². The molecule has 0 aliphatic heterocycles. The van der Waals surface area contributed by atoms with Crippen molar-refractivity contribution in [2.24, 2.45) is 5.73 Å². The third-order valence-corrected chi connectivity index (χ3v) is 2.70. The second kappa shape index (κ2) is 5.27. The molecule has 19 heavy (non-hydrogen) atoms. The smallest absolute Gasteiger partial charge is 0.255 e. The van der Waals surface area contributed by atoms with E-state index in [1.807, 2.05) is 0 Å².